The Labute approximate surface area is 68.9 Å². The number of aromatic nitrogens is 2. The molecule has 1 aromatic heterocycles. The molecule has 1 heterocycles. The van der Waals surface area contributed by atoms with Gasteiger partial charge in [-0.25, -0.2) is 4.85 Å². The third-order valence-electron chi connectivity index (χ3n) is 1.53. The lowest BCUT2D eigenvalue weighted by Gasteiger charge is -2.13. The lowest BCUT2D eigenvalue weighted by Crippen LogP contribution is -2.37. The van der Waals surface area contributed by atoms with E-state index in [1.165, 1.54) is 14.1 Å². The number of nitrogen functional groups attached to an aromatic ring is 1. The molecule has 0 atom stereocenters. The van der Waals surface area contributed by atoms with Gasteiger partial charge in [-0.3, -0.25) is 5.32 Å². The zero-order chi connectivity index (χ0) is 9.30. The van der Waals surface area contributed by atoms with Crippen LogP contribution >= 0.6 is 0 Å². The first-order valence-electron chi connectivity index (χ1n) is 3.30. The first kappa shape index (κ1) is 8.31. The quantitative estimate of drug-likeness (QED) is 0.397. The average Bonchev–Trinajstić information content (AvgIpc) is 2.25. The van der Waals surface area contributed by atoms with Crippen molar-refractivity contribution in [3.05, 3.63) is 10.4 Å². The van der Waals surface area contributed by atoms with Gasteiger partial charge in [0.15, 0.2) is 11.5 Å². The van der Waals surface area contributed by atoms with Gasteiger partial charge >= 0.3 is 5.82 Å². The summed E-state index contributed by atoms with van der Waals surface area (Å²) in [5.74, 6) is 0.101. The normalized spacial score (nSPS) is 9.83. The van der Waals surface area contributed by atoms with Crippen LogP contribution in [0.4, 0.5) is 17.3 Å². The highest BCUT2D eigenvalue weighted by Crippen LogP contribution is 2.23. The van der Waals surface area contributed by atoms with Crippen molar-refractivity contribution in [3.8, 4) is 0 Å². The van der Waals surface area contributed by atoms with Crippen LogP contribution in [0.3, 0.4) is 0 Å². The van der Waals surface area contributed by atoms with Crippen LogP contribution in [-0.4, -0.2) is 18.9 Å². The Bertz CT molecular complexity index is 267. The standard InChI is InChI=1S/C5H10N5O2/c1-7-4-3(6)5(8-2)10(12)9(4)11/h7-8H,6H2,1-2H3/q-1. The second-order valence-electron chi connectivity index (χ2n) is 2.16. The largest absolute Gasteiger partial charge is 0.774 e. The van der Waals surface area contributed by atoms with E-state index in [-0.39, 0.29) is 27.0 Å². The number of anilines is 3. The summed E-state index contributed by atoms with van der Waals surface area (Å²) in [5, 5.41) is 27.0. The molecule has 0 unspecified atom stereocenters. The Hall–Kier alpha value is -1.79. The van der Waals surface area contributed by atoms with Crippen molar-refractivity contribution in [2.24, 2.45) is 0 Å². The van der Waals surface area contributed by atoms with Crippen molar-refractivity contribution in [1.29, 1.82) is 0 Å². The molecule has 0 aliphatic carbocycles. The maximum atomic E-state index is 11.0. The molecule has 68 valence electrons. The SMILES string of the molecule is CNc1c(N)c(NC)[n+]([O-])n1[O-]. The van der Waals surface area contributed by atoms with Gasteiger partial charge in [-0.2, -0.15) is 4.85 Å². The number of nitrogens with one attached hydrogen (secondary N) is 2. The van der Waals surface area contributed by atoms with E-state index >= 15 is 0 Å². The van der Waals surface area contributed by atoms with E-state index in [1.807, 2.05) is 0 Å². The van der Waals surface area contributed by atoms with Crippen LogP contribution in [-0.2, 0) is 0 Å². The van der Waals surface area contributed by atoms with Crippen LogP contribution in [0, 0.1) is 10.4 Å². The maximum Gasteiger partial charge on any atom is 0.324 e. The van der Waals surface area contributed by atoms with E-state index < -0.39 is 0 Å². The molecule has 0 saturated carbocycles. The van der Waals surface area contributed by atoms with Gasteiger partial charge in [-0.15, -0.1) is 0 Å². The number of nitrogens with zero attached hydrogens (tertiary/aromatic N) is 2. The minimum Gasteiger partial charge on any atom is -0.774 e. The molecular weight excluding hydrogens is 162 g/mol. The number of nitrogens with two attached hydrogens (primary N) is 1. The van der Waals surface area contributed by atoms with Gasteiger partial charge in [0.2, 0.25) is 0 Å². The molecule has 0 aromatic carbocycles. The van der Waals surface area contributed by atoms with Gasteiger partial charge in [0.25, 0.3) is 0 Å². The maximum absolute atomic E-state index is 11.0. The van der Waals surface area contributed by atoms with E-state index in [1.54, 1.807) is 0 Å². The predicted molar refractivity (Wildman–Crippen MR) is 45.7 cm³/mol. The van der Waals surface area contributed by atoms with Crippen LogP contribution in [0.5, 0.6) is 0 Å². The molecule has 0 aliphatic heterocycles. The highest BCUT2D eigenvalue weighted by Gasteiger charge is 2.16. The molecule has 0 radical (unpaired) electrons. The fraction of sp³-hybridized carbons (Fsp3) is 0.400. The molecule has 7 heteroatoms. The summed E-state index contributed by atoms with van der Waals surface area (Å²) in [4.78, 5) is 0.280. The molecule has 12 heavy (non-hydrogen) atoms. The molecule has 7 nitrogen and oxygen atoms in total. The van der Waals surface area contributed by atoms with Crippen LogP contribution in [0.15, 0.2) is 0 Å². The molecule has 1 aromatic rings. The van der Waals surface area contributed by atoms with Crippen molar-refractivity contribution >= 4 is 17.3 Å². The molecule has 0 amide bonds. The van der Waals surface area contributed by atoms with Crippen molar-refractivity contribution in [2.45, 2.75) is 0 Å². The topological polar surface area (TPSA) is 105 Å². The Morgan fingerprint density at radius 1 is 1.42 bits per heavy atom. The average molecular weight is 172 g/mol. The Morgan fingerprint density at radius 2 is 2.00 bits per heavy atom. The highest BCUT2D eigenvalue weighted by atomic mass is 16.6. The summed E-state index contributed by atoms with van der Waals surface area (Å²) < 4.78 is 0. The molecular formula is C5H10N5O2-. The van der Waals surface area contributed by atoms with Crippen LogP contribution < -0.4 is 21.2 Å². The molecule has 4 N–H and O–H groups in total. The highest BCUT2D eigenvalue weighted by molar-refractivity contribution is 5.72. The molecule has 0 aliphatic rings. The monoisotopic (exact) mass is 172 g/mol. The van der Waals surface area contributed by atoms with Crippen molar-refractivity contribution < 1.29 is 4.85 Å². The van der Waals surface area contributed by atoms with Gasteiger partial charge in [-0.05, 0) is 0 Å². The van der Waals surface area contributed by atoms with Crippen molar-refractivity contribution in [2.75, 3.05) is 30.5 Å². The molecule has 0 fully saturated rings. The Morgan fingerprint density at radius 3 is 2.25 bits per heavy atom. The smallest absolute Gasteiger partial charge is 0.324 e. The van der Waals surface area contributed by atoms with Gasteiger partial charge in [0.1, 0.15) is 0 Å². The molecule has 0 spiro atoms. The second kappa shape index (κ2) is 2.68. The van der Waals surface area contributed by atoms with Crippen molar-refractivity contribution in [1.82, 2.24) is 4.85 Å². The minimum absolute atomic E-state index is 0.0503. The van der Waals surface area contributed by atoms with Crippen molar-refractivity contribution in [3.63, 3.8) is 0 Å². The van der Waals surface area contributed by atoms with Gasteiger partial charge in [0.05, 0.1) is 7.05 Å². The van der Waals surface area contributed by atoms with E-state index in [4.69, 9.17) is 5.73 Å². The summed E-state index contributed by atoms with van der Waals surface area (Å²) >= 11 is 0. The van der Waals surface area contributed by atoms with Gasteiger partial charge in [-0.1, -0.05) is 0 Å². The van der Waals surface area contributed by atoms with E-state index in [0.717, 1.165) is 0 Å². The first-order chi connectivity index (χ1) is 5.63. The lowest BCUT2D eigenvalue weighted by atomic mass is 10.5. The van der Waals surface area contributed by atoms with Crippen LogP contribution in [0.1, 0.15) is 0 Å². The Balaban J connectivity index is 3.32. The van der Waals surface area contributed by atoms with E-state index in [9.17, 15) is 10.4 Å². The predicted octanol–water partition coefficient (Wildman–Crippen LogP) is -0.867. The zero-order valence-electron chi connectivity index (χ0n) is 6.79. The number of hydrogen-bond donors (Lipinski definition) is 3. The van der Waals surface area contributed by atoms with Gasteiger partial charge in [0, 0.05) is 7.05 Å². The zero-order valence-corrected chi connectivity index (χ0v) is 6.79. The summed E-state index contributed by atoms with van der Waals surface area (Å²) in [6.07, 6.45) is 0. The first-order valence-corrected chi connectivity index (χ1v) is 3.30. The third-order valence-corrected chi connectivity index (χ3v) is 1.53. The number of rotatable bonds is 2. The summed E-state index contributed by atoms with van der Waals surface area (Å²) in [5.41, 5.74) is 5.58. The van der Waals surface area contributed by atoms with Gasteiger partial charge < -0.3 is 21.5 Å². The summed E-state index contributed by atoms with van der Waals surface area (Å²) in [6, 6.07) is 0. The van der Waals surface area contributed by atoms with E-state index in [0.29, 0.717) is 0 Å². The molecule has 1 rings (SSSR count). The second-order valence-corrected chi connectivity index (χ2v) is 2.16. The lowest BCUT2D eigenvalue weighted by molar-refractivity contribution is -0.669. The molecule has 0 bridgehead atoms. The Kier molecular flexibility index (Phi) is 1.86. The fourth-order valence-corrected chi connectivity index (χ4v) is 0.961. The van der Waals surface area contributed by atoms with Crippen LogP contribution in [0.2, 0.25) is 0 Å². The third kappa shape index (κ3) is 0.865. The molecule has 0 saturated heterocycles. The number of hydrogen-bond acceptors (Lipinski definition) is 5. The van der Waals surface area contributed by atoms with E-state index in [2.05, 4.69) is 10.6 Å². The van der Waals surface area contributed by atoms with Crippen LogP contribution in [0.25, 0.3) is 0 Å². The minimum atomic E-state index is 0.0503. The summed E-state index contributed by atoms with van der Waals surface area (Å²) in [6.45, 7) is 0. The fourth-order valence-electron chi connectivity index (χ4n) is 0.961. The summed E-state index contributed by atoms with van der Waals surface area (Å²) in [7, 11) is 3.03.